The number of benzene rings is 2. The summed E-state index contributed by atoms with van der Waals surface area (Å²) in [5.74, 6) is 0.446. The molecule has 0 spiro atoms. The van der Waals surface area contributed by atoms with Gasteiger partial charge in [0.15, 0.2) is 0 Å². The maximum Gasteiger partial charge on any atom is 0.244 e. The number of ether oxygens (including phenoxy) is 3. The van der Waals surface area contributed by atoms with Crippen LogP contribution in [0, 0.1) is 0 Å². The van der Waals surface area contributed by atoms with Gasteiger partial charge in [-0.05, 0) is 42.8 Å². The van der Waals surface area contributed by atoms with Crippen LogP contribution in [0.2, 0.25) is 0 Å². The molecule has 0 radical (unpaired) electrons. The molecule has 1 amide bonds. The third-order valence-electron chi connectivity index (χ3n) is 5.74. The highest BCUT2D eigenvalue weighted by molar-refractivity contribution is 7.92. The maximum absolute atomic E-state index is 12.9. The van der Waals surface area contributed by atoms with Crippen molar-refractivity contribution in [2.24, 2.45) is 0 Å². The largest absolute Gasteiger partial charge is 0.497 e. The molecular weight excluding hydrogens is 522 g/mol. The van der Waals surface area contributed by atoms with E-state index in [2.05, 4.69) is 5.32 Å². The molecule has 1 aliphatic heterocycles. The van der Waals surface area contributed by atoms with Crippen LogP contribution < -0.4 is 19.1 Å². The zero-order valence-electron chi connectivity index (χ0n) is 21.1. The van der Waals surface area contributed by atoms with Crippen molar-refractivity contribution in [2.45, 2.75) is 24.3 Å². The smallest absolute Gasteiger partial charge is 0.244 e. The van der Waals surface area contributed by atoms with Gasteiger partial charge in [-0.2, -0.15) is 4.31 Å². The van der Waals surface area contributed by atoms with Gasteiger partial charge in [0, 0.05) is 19.2 Å². The fraction of sp³-hybridized carbons (Fsp3) is 0.458. The fourth-order valence-electron chi connectivity index (χ4n) is 3.91. The van der Waals surface area contributed by atoms with E-state index in [1.807, 2.05) is 0 Å². The third-order valence-corrected chi connectivity index (χ3v) is 8.83. The van der Waals surface area contributed by atoms with Gasteiger partial charge in [-0.1, -0.05) is 13.0 Å². The first-order valence-electron chi connectivity index (χ1n) is 11.8. The zero-order valence-corrected chi connectivity index (χ0v) is 22.8. The van der Waals surface area contributed by atoms with Crippen LogP contribution in [0.3, 0.4) is 0 Å². The van der Waals surface area contributed by atoms with Gasteiger partial charge in [0.25, 0.3) is 0 Å². The number of sulfonamides is 2. The molecule has 0 aromatic heterocycles. The quantitative estimate of drug-likeness (QED) is 0.390. The van der Waals surface area contributed by atoms with Crippen molar-refractivity contribution >= 4 is 31.6 Å². The summed E-state index contributed by atoms with van der Waals surface area (Å²) >= 11 is 0. The Morgan fingerprint density at radius 3 is 2.35 bits per heavy atom. The summed E-state index contributed by atoms with van der Waals surface area (Å²) < 4.78 is 69.1. The topological polar surface area (TPSA) is 132 Å². The molecule has 0 bridgehead atoms. The minimum Gasteiger partial charge on any atom is -0.497 e. The molecule has 11 nitrogen and oxygen atoms in total. The second-order valence-corrected chi connectivity index (χ2v) is 12.1. The summed E-state index contributed by atoms with van der Waals surface area (Å²) in [5.41, 5.74) is 0.326. The van der Waals surface area contributed by atoms with Crippen LogP contribution in [0.4, 0.5) is 5.69 Å². The van der Waals surface area contributed by atoms with Crippen LogP contribution in [0.25, 0.3) is 0 Å². The Hall–Kier alpha value is -2.87. The summed E-state index contributed by atoms with van der Waals surface area (Å²) in [6.07, 6.45) is 1.30. The van der Waals surface area contributed by atoms with Crippen LogP contribution in [0.1, 0.15) is 13.3 Å². The number of methoxy groups -OCH3 is 1. The van der Waals surface area contributed by atoms with E-state index in [4.69, 9.17) is 14.2 Å². The van der Waals surface area contributed by atoms with Crippen molar-refractivity contribution < 1.29 is 35.8 Å². The zero-order chi connectivity index (χ0) is 27.1. The Kier molecular flexibility index (Phi) is 9.76. The average Bonchev–Trinajstić information content (AvgIpc) is 2.89. The van der Waals surface area contributed by atoms with E-state index in [0.717, 1.165) is 10.6 Å². The van der Waals surface area contributed by atoms with Crippen molar-refractivity contribution in [3.8, 4) is 11.5 Å². The van der Waals surface area contributed by atoms with E-state index in [0.29, 0.717) is 43.5 Å². The number of nitrogens with zero attached hydrogens (tertiary/aromatic N) is 2. The van der Waals surface area contributed by atoms with Crippen molar-refractivity contribution in [1.29, 1.82) is 0 Å². The van der Waals surface area contributed by atoms with E-state index in [1.54, 1.807) is 43.3 Å². The predicted octanol–water partition coefficient (Wildman–Crippen LogP) is 1.46. The van der Waals surface area contributed by atoms with Gasteiger partial charge in [0.1, 0.15) is 24.1 Å². The summed E-state index contributed by atoms with van der Waals surface area (Å²) in [5, 5.41) is 2.72. The number of amides is 1. The molecule has 13 heteroatoms. The minimum absolute atomic E-state index is 0.107. The van der Waals surface area contributed by atoms with Crippen LogP contribution in [0.15, 0.2) is 53.4 Å². The first kappa shape index (κ1) is 28.7. The number of hydrogen-bond donors (Lipinski definition) is 1. The molecule has 2 aromatic rings. The summed E-state index contributed by atoms with van der Waals surface area (Å²) in [4.78, 5) is 13.1. The van der Waals surface area contributed by atoms with Gasteiger partial charge in [-0.3, -0.25) is 9.10 Å². The maximum atomic E-state index is 12.9. The number of hydrogen-bond acceptors (Lipinski definition) is 8. The summed E-state index contributed by atoms with van der Waals surface area (Å²) in [7, 11) is -5.89. The van der Waals surface area contributed by atoms with Gasteiger partial charge >= 0.3 is 0 Å². The average molecular weight is 556 g/mol. The Morgan fingerprint density at radius 1 is 1.08 bits per heavy atom. The predicted molar refractivity (Wildman–Crippen MR) is 139 cm³/mol. The number of morpholine rings is 1. The molecule has 2 aromatic carbocycles. The van der Waals surface area contributed by atoms with E-state index < -0.39 is 32.0 Å². The number of carbonyl (C=O) groups excluding carboxylic acids is 1. The van der Waals surface area contributed by atoms with Crippen molar-refractivity contribution in [2.75, 3.05) is 57.1 Å². The van der Waals surface area contributed by atoms with E-state index >= 15 is 0 Å². The lowest BCUT2D eigenvalue weighted by Gasteiger charge is -2.30. The van der Waals surface area contributed by atoms with Crippen LogP contribution >= 0.6 is 0 Å². The van der Waals surface area contributed by atoms with Crippen molar-refractivity contribution in [3.63, 3.8) is 0 Å². The molecule has 1 aliphatic rings. The molecule has 1 fully saturated rings. The van der Waals surface area contributed by atoms with Gasteiger partial charge in [-0.15, -0.1) is 0 Å². The van der Waals surface area contributed by atoms with Gasteiger partial charge in [0.05, 0.1) is 43.7 Å². The molecule has 0 saturated carbocycles. The Bertz CT molecular complexity index is 1260. The van der Waals surface area contributed by atoms with Crippen molar-refractivity contribution in [1.82, 2.24) is 9.62 Å². The minimum atomic E-state index is -3.77. The Labute approximate surface area is 218 Å². The fourth-order valence-corrected chi connectivity index (χ4v) is 6.52. The lowest BCUT2D eigenvalue weighted by Crippen LogP contribution is -2.50. The van der Waals surface area contributed by atoms with Gasteiger partial charge in [0.2, 0.25) is 26.0 Å². The number of nitrogens with one attached hydrogen (secondary N) is 1. The van der Waals surface area contributed by atoms with E-state index in [9.17, 15) is 21.6 Å². The second-order valence-electron chi connectivity index (χ2n) is 8.31. The van der Waals surface area contributed by atoms with Crippen LogP contribution in [-0.4, -0.2) is 85.9 Å². The third kappa shape index (κ3) is 7.34. The highest BCUT2D eigenvalue weighted by Crippen LogP contribution is 2.26. The van der Waals surface area contributed by atoms with Gasteiger partial charge < -0.3 is 19.5 Å². The van der Waals surface area contributed by atoms with E-state index in [-0.39, 0.29) is 24.5 Å². The standard InChI is InChI=1S/C24H33N3O8S2/c1-4-23(27(36(3,29)30)19-6-5-7-21(18-19)33-2)24(28)25-12-15-35-20-8-10-22(11-9-20)37(31,32)26-13-16-34-17-14-26/h5-11,18,23H,4,12-17H2,1-3H3,(H,25,28). The molecule has 1 atom stereocenters. The van der Waals surface area contributed by atoms with Crippen LogP contribution in [-0.2, 0) is 29.6 Å². The Morgan fingerprint density at radius 2 is 1.76 bits per heavy atom. The first-order valence-corrected chi connectivity index (χ1v) is 15.1. The van der Waals surface area contributed by atoms with Crippen molar-refractivity contribution in [3.05, 3.63) is 48.5 Å². The first-order chi connectivity index (χ1) is 17.6. The lowest BCUT2D eigenvalue weighted by molar-refractivity contribution is -0.122. The van der Waals surface area contributed by atoms with Crippen LogP contribution in [0.5, 0.6) is 11.5 Å². The molecule has 1 unspecified atom stereocenters. The molecule has 0 aliphatic carbocycles. The number of carbonyl (C=O) groups is 1. The number of rotatable bonds is 12. The number of anilines is 1. The molecule has 37 heavy (non-hydrogen) atoms. The SMILES string of the molecule is CCC(C(=O)NCCOc1ccc(S(=O)(=O)N2CCOCC2)cc1)N(c1cccc(OC)c1)S(C)(=O)=O. The molecule has 3 rings (SSSR count). The highest BCUT2D eigenvalue weighted by atomic mass is 32.2. The lowest BCUT2D eigenvalue weighted by atomic mass is 10.2. The normalized spacial score (nSPS) is 15.5. The monoisotopic (exact) mass is 555 g/mol. The molecule has 1 saturated heterocycles. The molecule has 1 N–H and O–H groups in total. The van der Waals surface area contributed by atoms with Gasteiger partial charge in [-0.25, -0.2) is 16.8 Å². The summed E-state index contributed by atoms with van der Waals surface area (Å²) in [6.45, 7) is 3.32. The Balaban J connectivity index is 1.58. The van der Waals surface area contributed by atoms with E-state index in [1.165, 1.54) is 23.5 Å². The molecule has 204 valence electrons. The second kappa shape index (κ2) is 12.6. The molecular formula is C24H33N3O8S2. The summed E-state index contributed by atoms with van der Waals surface area (Å²) in [6, 6.07) is 11.6. The molecule has 1 heterocycles. The highest BCUT2D eigenvalue weighted by Gasteiger charge is 2.31.